The summed E-state index contributed by atoms with van der Waals surface area (Å²) in [6.07, 6.45) is 4.67. The van der Waals surface area contributed by atoms with Crippen molar-refractivity contribution in [1.82, 2.24) is 4.98 Å². The van der Waals surface area contributed by atoms with Crippen LogP contribution < -0.4 is 4.90 Å². The average Bonchev–Trinajstić information content (AvgIpc) is 2.81. The normalized spacial score (nSPS) is 10.3. The molecule has 0 amide bonds. The standard InChI is InChI=1S/C13H14N2O3/c1-9-5-11(13(16)17)6-14-12(9)15(2)7-10-3-4-18-8-10/h3-6,8H,7H2,1-2H3,(H,16,17). The first kappa shape index (κ1) is 12.2. The molecular weight excluding hydrogens is 232 g/mol. The molecule has 0 saturated heterocycles. The minimum absolute atomic E-state index is 0.202. The number of anilines is 1. The second-order valence-corrected chi connectivity index (χ2v) is 4.16. The van der Waals surface area contributed by atoms with Crippen LogP contribution in [0.4, 0.5) is 5.82 Å². The van der Waals surface area contributed by atoms with Gasteiger partial charge < -0.3 is 14.4 Å². The Hall–Kier alpha value is -2.30. The van der Waals surface area contributed by atoms with E-state index in [0.29, 0.717) is 6.54 Å². The minimum Gasteiger partial charge on any atom is -0.478 e. The van der Waals surface area contributed by atoms with Gasteiger partial charge in [-0.15, -0.1) is 0 Å². The molecule has 18 heavy (non-hydrogen) atoms. The highest BCUT2D eigenvalue weighted by Gasteiger charge is 2.11. The summed E-state index contributed by atoms with van der Waals surface area (Å²) < 4.78 is 5.01. The number of aromatic nitrogens is 1. The van der Waals surface area contributed by atoms with E-state index in [0.717, 1.165) is 16.9 Å². The van der Waals surface area contributed by atoms with Crippen molar-refractivity contribution in [2.75, 3.05) is 11.9 Å². The molecule has 2 aromatic rings. The molecule has 0 unspecified atom stereocenters. The molecule has 2 heterocycles. The number of nitrogens with zero attached hydrogens (tertiary/aromatic N) is 2. The number of aryl methyl sites for hydroxylation is 1. The van der Waals surface area contributed by atoms with Crippen LogP contribution in [0.25, 0.3) is 0 Å². The second-order valence-electron chi connectivity index (χ2n) is 4.16. The summed E-state index contributed by atoms with van der Waals surface area (Å²) >= 11 is 0. The Balaban J connectivity index is 2.20. The Morgan fingerprint density at radius 3 is 2.89 bits per heavy atom. The summed E-state index contributed by atoms with van der Waals surface area (Å²) in [6, 6.07) is 3.51. The van der Waals surface area contributed by atoms with Crippen LogP contribution in [-0.2, 0) is 6.54 Å². The van der Waals surface area contributed by atoms with Crippen LogP contribution in [-0.4, -0.2) is 23.1 Å². The molecule has 0 aliphatic heterocycles. The molecule has 2 rings (SSSR count). The largest absolute Gasteiger partial charge is 0.478 e. The van der Waals surface area contributed by atoms with E-state index in [-0.39, 0.29) is 5.56 Å². The van der Waals surface area contributed by atoms with Gasteiger partial charge in [0.25, 0.3) is 0 Å². The lowest BCUT2D eigenvalue weighted by atomic mass is 10.2. The van der Waals surface area contributed by atoms with E-state index >= 15 is 0 Å². The van der Waals surface area contributed by atoms with Gasteiger partial charge in [0, 0.05) is 25.4 Å². The maximum absolute atomic E-state index is 10.8. The van der Waals surface area contributed by atoms with Gasteiger partial charge in [0.05, 0.1) is 18.1 Å². The molecule has 2 aromatic heterocycles. The summed E-state index contributed by atoms with van der Waals surface area (Å²) in [5.74, 6) is -0.198. The Bertz CT molecular complexity index is 549. The summed E-state index contributed by atoms with van der Waals surface area (Å²) in [4.78, 5) is 17.0. The highest BCUT2D eigenvalue weighted by atomic mass is 16.4. The zero-order chi connectivity index (χ0) is 13.1. The molecule has 0 saturated carbocycles. The van der Waals surface area contributed by atoms with Crippen LogP contribution in [0, 0.1) is 6.92 Å². The molecule has 0 radical (unpaired) electrons. The third kappa shape index (κ3) is 2.51. The smallest absolute Gasteiger partial charge is 0.337 e. The van der Waals surface area contributed by atoms with Gasteiger partial charge in [0.2, 0.25) is 0 Å². The average molecular weight is 246 g/mol. The molecular formula is C13H14N2O3. The number of carboxylic acids is 1. The number of carboxylic acid groups (broad SMARTS) is 1. The fourth-order valence-electron chi connectivity index (χ4n) is 1.82. The SMILES string of the molecule is Cc1cc(C(=O)O)cnc1N(C)Cc1ccoc1. The first-order chi connectivity index (χ1) is 8.58. The van der Waals surface area contributed by atoms with Gasteiger partial charge in [-0.05, 0) is 24.6 Å². The van der Waals surface area contributed by atoms with E-state index < -0.39 is 5.97 Å². The number of furan rings is 1. The van der Waals surface area contributed by atoms with Crippen molar-refractivity contribution in [2.45, 2.75) is 13.5 Å². The van der Waals surface area contributed by atoms with Crippen molar-refractivity contribution in [3.63, 3.8) is 0 Å². The fourth-order valence-corrected chi connectivity index (χ4v) is 1.82. The number of hydrogen-bond acceptors (Lipinski definition) is 4. The summed E-state index contributed by atoms with van der Waals surface area (Å²) in [6.45, 7) is 2.51. The number of hydrogen-bond donors (Lipinski definition) is 1. The highest BCUT2D eigenvalue weighted by molar-refractivity contribution is 5.87. The van der Waals surface area contributed by atoms with Gasteiger partial charge >= 0.3 is 5.97 Å². The van der Waals surface area contributed by atoms with Gasteiger partial charge in [0.1, 0.15) is 5.82 Å². The Kier molecular flexibility index (Phi) is 3.32. The molecule has 0 aliphatic carbocycles. The number of pyridine rings is 1. The molecule has 0 aromatic carbocycles. The third-order valence-electron chi connectivity index (χ3n) is 2.66. The van der Waals surface area contributed by atoms with Gasteiger partial charge in [-0.2, -0.15) is 0 Å². The first-order valence-corrected chi connectivity index (χ1v) is 5.50. The Labute approximate surface area is 105 Å². The Morgan fingerprint density at radius 2 is 2.33 bits per heavy atom. The first-order valence-electron chi connectivity index (χ1n) is 5.50. The molecule has 94 valence electrons. The van der Waals surface area contributed by atoms with Crippen LogP contribution >= 0.6 is 0 Å². The van der Waals surface area contributed by atoms with E-state index in [1.807, 2.05) is 24.9 Å². The van der Waals surface area contributed by atoms with Crippen LogP contribution in [0.5, 0.6) is 0 Å². The molecule has 5 heteroatoms. The van der Waals surface area contributed by atoms with E-state index in [4.69, 9.17) is 9.52 Å². The lowest BCUT2D eigenvalue weighted by Gasteiger charge is -2.19. The maximum atomic E-state index is 10.8. The van der Waals surface area contributed by atoms with Crippen molar-refractivity contribution < 1.29 is 14.3 Å². The van der Waals surface area contributed by atoms with Gasteiger partial charge in [0.15, 0.2) is 0 Å². The molecule has 5 nitrogen and oxygen atoms in total. The third-order valence-corrected chi connectivity index (χ3v) is 2.66. The molecule has 0 atom stereocenters. The predicted molar refractivity (Wildman–Crippen MR) is 66.7 cm³/mol. The fraction of sp³-hybridized carbons (Fsp3) is 0.231. The monoisotopic (exact) mass is 246 g/mol. The lowest BCUT2D eigenvalue weighted by molar-refractivity contribution is 0.0696. The van der Waals surface area contributed by atoms with Crippen molar-refractivity contribution in [3.05, 3.63) is 47.5 Å². The van der Waals surface area contributed by atoms with Crippen LogP contribution in [0.15, 0.2) is 35.3 Å². The van der Waals surface area contributed by atoms with Gasteiger partial charge in [-0.1, -0.05) is 0 Å². The van der Waals surface area contributed by atoms with E-state index in [1.54, 1.807) is 18.6 Å². The minimum atomic E-state index is -0.963. The van der Waals surface area contributed by atoms with Crippen molar-refractivity contribution >= 4 is 11.8 Å². The lowest BCUT2D eigenvalue weighted by Crippen LogP contribution is -2.18. The van der Waals surface area contributed by atoms with Crippen molar-refractivity contribution in [1.29, 1.82) is 0 Å². The Morgan fingerprint density at radius 1 is 1.56 bits per heavy atom. The number of aromatic carboxylic acids is 1. The van der Waals surface area contributed by atoms with Crippen molar-refractivity contribution in [3.8, 4) is 0 Å². The van der Waals surface area contributed by atoms with Crippen LogP contribution in [0.2, 0.25) is 0 Å². The van der Waals surface area contributed by atoms with Gasteiger partial charge in [-0.3, -0.25) is 0 Å². The number of rotatable bonds is 4. The van der Waals surface area contributed by atoms with E-state index in [1.165, 1.54) is 6.20 Å². The van der Waals surface area contributed by atoms with Crippen molar-refractivity contribution in [2.24, 2.45) is 0 Å². The van der Waals surface area contributed by atoms with Crippen LogP contribution in [0.1, 0.15) is 21.5 Å². The summed E-state index contributed by atoms with van der Waals surface area (Å²) in [5.41, 5.74) is 2.08. The molecule has 0 bridgehead atoms. The number of carbonyl (C=O) groups is 1. The van der Waals surface area contributed by atoms with E-state index in [2.05, 4.69) is 4.98 Å². The summed E-state index contributed by atoms with van der Waals surface area (Å²) in [5, 5.41) is 8.88. The summed E-state index contributed by atoms with van der Waals surface area (Å²) in [7, 11) is 1.91. The predicted octanol–water partition coefficient (Wildman–Crippen LogP) is 2.32. The molecule has 0 aliphatic rings. The topological polar surface area (TPSA) is 66.6 Å². The quantitative estimate of drug-likeness (QED) is 0.896. The molecule has 0 spiro atoms. The van der Waals surface area contributed by atoms with E-state index in [9.17, 15) is 4.79 Å². The highest BCUT2D eigenvalue weighted by Crippen LogP contribution is 2.18. The molecule has 0 fully saturated rings. The zero-order valence-corrected chi connectivity index (χ0v) is 10.3. The maximum Gasteiger partial charge on any atom is 0.337 e. The molecule has 1 N–H and O–H groups in total. The zero-order valence-electron chi connectivity index (χ0n) is 10.3. The second kappa shape index (κ2) is 4.91. The van der Waals surface area contributed by atoms with Crippen LogP contribution in [0.3, 0.4) is 0 Å². The van der Waals surface area contributed by atoms with Gasteiger partial charge in [-0.25, -0.2) is 9.78 Å².